The second-order valence-electron chi connectivity index (χ2n) is 3.32. The van der Waals surface area contributed by atoms with Crippen LogP contribution in [0.5, 0.6) is 0 Å². The molecule has 2 rings (SSSR count). The molecule has 1 aromatic carbocycles. The highest BCUT2D eigenvalue weighted by molar-refractivity contribution is 14.1. The van der Waals surface area contributed by atoms with Crippen LogP contribution in [0.25, 0.3) is 0 Å². The minimum absolute atomic E-state index is 0.116. The van der Waals surface area contributed by atoms with E-state index in [1.807, 2.05) is 6.07 Å². The smallest absolute Gasteiger partial charge is 0.225 e. The van der Waals surface area contributed by atoms with Gasteiger partial charge in [-0.1, -0.05) is 6.92 Å². The van der Waals surface area contributed by atoms with Crippen molar-refractivity contribution in [1.29, 1.82) is 0 Å². The fraction of sp³-hybridized carbons (Fsp3) is 0.300. The van der Waals surface area contributed by atoms with Gasteiger partial charge in [0, 0.05) is 20.1 Å². The molecule has 1 aliphatic heterocycles. The van der Waals surface area contributed by atoms with Gasteiger partial charge in [0.25, 0.3) is 0 Å². The van der Waals surface area contributed by atoms with Crippen molar-refractivity contribution in [3.8, 4) is 0 Å². The molecule has 0 aromatic heterocycles. The summed E-state index contributed by atoms with van der Waals surface area (Å²) in [6.07, 6.45) is 0.593. The third kappa shape index (κ3) is 2.23. The number of carbonyl (C=O) groups is 1. The Morgan fingerprint density at radius 1 is 1.57 bits per heavy atom. The minimum atomic E-state index is 0.116. The van der Waals surface area contributed by atoms with Crippen molar-refractivity contribution in [3.05, 3.63) is 21.8 Å². The zero-order chi connectivity index (χ0) is 10.1. The molecule has 0 aliphatic carbocycles. The van der Waals surface area contributed by atoms with Crippen LogP contribution in [0.3, 0.4) is 0 Å². The molecule has 1 aromatic rings. The van der Waals surface area contributed by atoms with Crippen molar-refractivity contribution in [3.63, 3.8) is 0 Å². The highest BCUT2D eigenvalue weighted by Crippen LogP contribution is 2.35. The molecule has 0 radical (unpaired) electrons. The van der Waals surface area contributed by atoms with Gasteiger partial charge in [-0.2, -0.15) is 0 Å². The summed E-state index contributed by atoms with van der Waals surface area (Å²) in [6, 6.07) is 6.15. The second kappa shape index (κ2) is 4.10. The standard InChI is InChI=1S/C10H10INOS/c1-6-4-10(13)12-8-5-7(11)2-3-9(8)14-6/h2-3,5-6H,4H2,1H3,(H,12,13). The summed E-state index contributed by atoms with van der Waals surface area (Å²) in [5.74, 6) is 0.116. The summed E-state index contributed by atoms with van der Waals surface area (Å²) in [5.41, 5.74) is 0.955. The lowest BCUT2D eigenvalue weighted by molar-refractivity contribution is -0.116. The van der Waals surface area contributed by atoms with Crippen molar-refractivity contribution in [2.24, 2.45) is 0 Å². The van der Waals surface area contributed by atoms with Gasteiger partial charge in [-0.15, -0.1) is 11.8 Å². The molecule has 0 saturated heterocycles. The van der Waals surface area contributed by atoms with Crippen molar-refractivity contribution in [2.75, 3.05) is 5.32 Å². The van der Waals surface area contributed by atoms with Crippen LogP contribution in [-0.2, 0) is 4.79 Å². The molecule has 1 unspecified atom stereocenters. The minimum Gasteiger partial charge on any atom is -0.325 e. The summed E-state index contributed by atoms with van der Waals surface area (Å²) in [7, 11) is 0. The first-order valence-electron chi connectivity index (χ1n) is 4.41. The molecule has 2 nitrogen and oxygen atoms in total. The molecule has 1 heterocycles. The highest BCUT2D eigenvalue weighted by Gasteiger charge is 2.18. The van der Waals surface area contributed by atoms with Crippen LogP contribution in [0.4, 0.5) is 5.69 Å². The molecule has 1 N–H and O–H groups in total. The van der Waals surface area contributed by atoms with E-state index in [0.29, 0.717) is 11.7 Å². The average molecular weight is 319 g/mol. The van der Waals surface area contributed by atoms with Crippen LogP contribution < -0.4 is 5.32 Å². The third-order valence-electron chi connectivity index (χ3n) is 2.02. The van der Waals surface area contributed by atoms with Crippen molar-refractivity contribution < 1.29 is 4.79 Å². The Hall–Kier alpha value is -0.230. The lowest BCUT2D eigenvalue weighted by Gasteiger charge is -2.06. The predicted molar refractivity (Wildman–Crippen MR) is 67.7 cm³/mol. The van der Waals surface area contributed by atoms with E-state index in [9.17, 15) is 4.79 Å². The number of fused-ring (bicyclic) bond motifs is 1. The number of nitrogens with one attached hydrogen (secondary N) is 1. The van der Waals surface area contributed by atoms with E-state index in [0.717, 1.165) is 9.26 Å². The molecule has 4 heteroatoms. The third-order valence-corrected chi connectivity index (χ3v) is 3.87. The molecule has 0 saturated carbocycles. The Balaban J connectivity index is 2.41. The number of hydrogen-bond donors (Lipinski definition) is 1. The Morgan fingerprint density at radius 2 is 2.36 bits per heavy atom. The molecule has 1 atom stereocenters. The number of halogens is 1. The van der Waals surface area contributed by atoms with Gasteiger partial charge in [0.05, 0.1) is 5.69 Å². The number of amides is 1. The van der Waals surface area contributed by atoms with Crippen LogP contribution >= 0.6 is 34.4 Å². The predicted octanol–water partition coefficient (Wildman–Crippen LogP) is 3.11. The number of anilines is 1. The fourth-order valence-corrected chi connectivity index (χ4v) is 2.97. The van der Waals surface area contributed by atoms with Gasteiger partial charge < -0.3 is 5.32 Å². The van der Waals surface area contributed by atoms with Gasteiger partial charge in [0.15, 0.2) is 0 Å². The van der Waals surface area contributed by atoms with Crippen LogP contribution in [0.15, 0.2) is 23.1 Å². The molecule has 1 aliphatic rings. The van der Waals surface area contributed by atoms with E-state index in [2.05, 4.69) is 47.0 Å². The molecular formula is C10H10INOS. The molecule has 0 spiro atoms. The number of carbonyl (C=O) groups excluding carboxylic acids is 1. The topological polar surface area (TPSA) is 29.1 Å². The molecule has 14 heavy (non-hydrogen) atoms. The van der Waals surface area contributed by atoms with Crippen LogP contribution in [0.2, 0.25) is 0 Å². The zero-order valence-corrected chi connectivity index (χ0v) is 10.7. The van der Waals surface area contributed by atoms with Crippen molar-refractivity contribution >= 4 is 45.9 Å². The van der Waals surface area contributed by atoms with Gasteiger partial charge in [-0.3, -0.25) is 4.79 Å². The maximum atomic E-state index is 11.4. The Kier molecular flexibility index (Phi) is 3.02. The van der Waals surface area contributed by atoms with Gasteiger partial charge in [-0.05, 0) is 40.8 Å². The lowest BCUT2D eigenvalue weighted by Crippen LogP contribution is -2.13. The van der Waals surface area contributed by atoms with Gasteiger partial charge >= 0.3 is 0 Å². The number of rotatable bonds is 0. The molecule has 0 bridgehead atoms. The van der Waals surface area contributed by atoms with Gasteiger partial charge in [-0.25, -0.2) is 0 Å². The number of thioether (sulfide) groups is 1. The highest BCUT2D eigenvalue weighted by atomic mass is 127. The summed E-state index contributed by atoms with van der Waals surface area (Å²) < 4.78 is 1.15. The lowest BCUT2D eigenvalue weighted by atomic mass is 10.3. The maximum Gasteiger partial charge on any atom is 0.225 e. The fourth-order valence-electron chi connectivity index (χ4n) is 1.42. The first kappa shape index (κ1) is 10.3. The monoisotopic (exact) mass is 319 g/mol. The molecule has 1 amide bonds. The van der Waals surface area contributed by atoms with Crippen LogP contribution in [-0.4, -0.2) is 11.2 Å². The summed E-state index contributed by atoms with van der Waals surface area (Å²) in [6.45, 7) is 2.08. The number of benzene rings is 1. The van der Waals surface area contributed by atoms with E-state index < -0.39 is 0 Å². The Morgan fingerprint density at radius 3 is 3.14 bits per heavy atom. The van der Waals surface area contributed by atoms with Gasteiger partial charge in [0.1, 0.15) is 0 Å². The quantitative estimate of drug-likeness (QED) is 0.745. The van der Waals surface area contributed by atoms with Gasteiger partial charge in [0.2, 0.25) is 5.91 Å². The van der Waals surface area contributed by atoms with Crippen molar-refractivity contribution in [2.45, 2.75) is 23.5 Å². The second-order valence-corrected chi connectivity index (χ2v) is 6.05. The van der Waals surface area contributed by atoms with E-state index in [-0.39, 0.29) is 5.91 Å². The molecule has 0 fully saturated rings. The van der Waals surface area contributed by atoms with E-state index in [1.165, 1.54) is 4.90 Å². The average Bonchev–Trinajstić information content (AvgIpc) is 2.21. The summed E-state index contributed by atoms with van der Waals surface area (Å²) in [4.78, 5) is 12.6. The largest absolute Gasteiger partial charge is 0.325 e. The first-order valence-corrected chi connectivity index (χ1v) is 6.37. The van der Waals surface area contributed by atoms with E-state index >= 15 is 0 Å². The Bertz CT molecular complexity index is 380. The van der Waals surface area contributed by atoms with Crippen molar-refractivity contribution in [1.82, 2.24) is 0 Å². The first-order chi connectivity index (χ1) is 6.65. The van der Waals surface area contributed by atoms with E-state index in [1.54, 1.807) is 11.8 Å². The van der Waals surface area contributed by atoms with Crippen LogP contribution in [0, 0.1) is 3.57 Å². The normalized spacial score (nSPS) is 21.0. The summed E-state index contributed by atoms with van der Waals surface area (Å²) in [5, 5.41) is 3.29. The molecule has 74 valence electrons. The van der Waals surface area contributed by atoms with Crippen LogP contribution in [0.1, 0.15) is 13.3 Å². The molecular weight excluding hydrogens is 309 g/mol. The SMILES string of the molecule is CC1CC(=O)Nc2cc(I)ccc2S1. The summed E-state index contributed by atoms with van der Waals surface area (Å²) >= 11 is 4.01. The zero-order valence-electron chi connectivity index (χ0n) is 7.71. The Labute approximate surface area is 101 Å². The number of hydrogen-bond acceptors (Lipinski definition) is 2. The maximum absolute atomic E-state index is 11.4. The van der Waals surface area contributed by atoms with E-state index in [4.69, 9.17) is 0 Å².